The van der Waals surface area contributed by atoms with E-state index >= 15 is 0 Å². The highest BCUT2D eigenvalue weighted by atomic mass is 35.5. The lowest BCUT2D eigenvalue weighted by atomic mass is 10.1. The van der Waals surface area contributed by atoms with E-state index in [0.29, 0.717) is 27.8 Å². The van der Waals surface area contributed by atoms with Crippen LogP contribution < -0.4 is 9.62 Å². The molecule has 1 unspecified atom stereocenters. The predicted octanol–water partition coefficient (Wildman–Crippen LogP) is 5.05. The lowest BCUT2D eigenvalue weighted by Crippen LogP contribution is -2.51. The number of benzene rings is 3. The zero-order valence-corrected chi connectivity index (χ0v) is 23.1. The molecular weight excluding hydrogens is 533 g/mol. The van der Waals surface area contributed by atoms with Gasteiger partial charge in [-0.1, -0.05) is 59.1 Å². The van der Waals surface area contributed by atoms with Crippen molar-refractivity contribution in [2.24, 2.45) is 0 Å². The lowest BCUT2D eigenvalue weighted by molar-refractivity contribution is -0.139. The van der Waals surface area contributed by atoms with E-state index in [0.717, 1.165) is 9.87 Å². The minimum absolute atomic E-state index is 0.0142. The molecule has 1 atom stereocenters. The molecule has 0 radical (unpaired) electrons. The van der Waals surface area contributed by atoms with Crippen LogP contribution in [0.25, 0.3) is 0 Å². The fourth-order valence-corrected chi connectivity index (χ4v) is 5.42. The lowest BCUT2D eigenvalue weighted by Gasteiger charge is -2.32. The number of nitrogens with one attached hydrogen (secondary N) is 1. The number of anilines is 1. The van der Waals surface area contributed by atoms with Crippen molar-refractivity contribution in [2.45, 2.75) is 38.3 Å². The molecule has 10 heteroatoms. The second-order valence-electron chi connectivity index (χ2n) is 8.48. The Morgan fingerprint density at radius 1 is 0.946 bits per heavy atom. The molecule has 0 spiro atoms. The maximum atomic E-state index is 13.8. The Balaban J connectivity index is 2.03. The average molecular weight is 563 g/mol. The molecule has 0 saturated carbocycles. The molecule has 3 rings (SSSR count). The van der Waals surface area contributed by atoms with Gasteiger partial charge in [0.1, 0.15) is 12.6 Å². The molecule has 0 heterocycles. The van der Waals surface area contributed by atoms with Crippen LogP contribution in [0, 0.1) is 6.92 Å². The average Bonchev–Trinajstić information content (AvgIpc) is 2.87. The van der Waals surface area contributed by atoms with E-state index in [2.05, 4.69) is 5.32 Å². The van der Waals surface area contributed by atoms with E-state index in [1.54, 1.807) is 62.4 Å². The van der Waals surface area contributed by atoms with Crippen LogP contribution >= 0.6 is 23.2 Å². The molecule has 0 fully saturated rings. The van der Waals surface area contributed by atoms with Gasteiger partial charge in [0.2, 0.25) is 11.8 Å². The van der Waals surface area contributed by atoms with Gasteiger partial charge in [-0.2, -0.15) is 0 Å². The van der Waals surface area contributed by atoms with Crippen molar-refractivity contribution in [1.29, 1.82) is 0 Å². The number of carbonyl (C=O) groups is 2. The van der Waals surface area contributed by atoms with Crippen molar-refractivity contribution < 1.29 is 18.0 Å². The summed E-state index contributed by atoms with van der Waals surface area (Å²) in [4.78, 5) is 27.8. The summed E-state index contributed by atoms with van der Waals surface area (Å²) in [7, 11) is -4.15. The number of nitrogens with zero attached hydrogens (tertiary/aromatic N) is 2. The monoisotopic (exact) mass is 561 g/mol. The molecular formula is C27H29Cl2N3O4S. The summed E-state index contributed by atoms with van der Waals surface area (Å²) in [5.41, 5.74) is 1.89. The van der Waals surface area contributed by atoms with Crippen LogP contribution in [0.4, 0.5) is 5.69 Å². The summed E-state index contributed by atoms with van der Waals surface area (Å²) >= 11 is 12.3. The molecule has 1 N–H and O–H groups in total. The van der Waals surface area contributed by atoms with Crippen LogP contribution in [0.15, 0.2) is 77.7 Å². The van der Waals surface area contributed by atoms with Crippen molar-refractivity contribution in [1.82, 2.24) is 10.2 Å². The van der Waals surface area contributed by atoms with E-state index in [1.165, 1.54) is 29.2 Å². The third-order valence-electron chi connectivity index (χ3n) is 5.82. The molecule has 3 aromatic rings. The Hall–Kier alpha value is -3.07. The molecule has 0 aliphatic rings. The fourth-order valence-electron chi connectivity index (χ4n) is 3.69. The van der Waals surface area contributed by atoms with Gasteiger partial charge in [-0.05, 0) is 68.8 Å². The molecule has 0 aliphatic heterocycles. The van der Waals surface area contributed by atoms with Crippen LogP contribution in [-0.2, 0) is 26.2 Å². The van der Waals surface area contributed by atoms with E-state index < -0.39 is 28.5 Å². The third kappa shape index (κ3) is 7.03. The van der Waals surface area contributed by atoms with Gasteiger partial charge in [0.15, 0.2) is 0 Å². The molecule has 196 valence electrons. The SMILES string of the molecule is CCNC(=O)C(C)N(Cc1ccccc1Cl)C(=O)CN(c1ccc(C)cc1)S(=O)(=O)c1ccc(Cl)cc1. The maximum Gasteiger partial charge on any atom is 0.264 e. The highest BCUT2D eigenvalue weighted by molar-refractivity contribution is 7.92. The number of sulfonamides is 1. The van der Waals surface area contributed by atoms with Crippen LogP contribution in [0.2, 0.25) is 10.0 Å². The zero-order valence-electron chi connectivity index (χ0n) is 20.8. The first-order chi connectivity index (χ1) is 17.5. The largest absolute Gasteiger partial charge is 0.355 e. The Morgan fingerprint density at radius 3 is 2.16 bits per heavy atom. The quantitative estimate of drug-likeness (QED) is 0.375. The minimum atomic E-state index is -4.15. The molecule has 0 aliphatic carbocycles. The minimum Gasteiger partial charge on any atom is -0.355 e. The third-order valence-corrected chi connectivity index (χ3v) is 8.23. The Bertz CT molecular complexity index is 1350. The topological polar surface area (TPSA) is 86.8 Å². The van der Waals surface area contributed by atoms with Gasteiger partial charge in [-0.15, -0.1) is 0 Å². The molecule has 0 bridgehead atoms. The number of hydrogen-bond donors (Lipinski definition) is 1. The summed E-state index contributed by atoms with van der Waals surface area (Å²) in [6, 6.07) is 18.7. The van der Waals surface area contributed by atoms with Gasteiger partial charge in [0, 0.05) is 23.1 Å². The van der Waals surface area contributed by atoms with Gasteiger partial charge in [-0.25, -0.2) is 8.42 Å². The molecule has 3 aromatic carbocycles. The zero-order chi connectivity index (χ0) is 27.2. The summed E-state index contributed by atoms with van der Waals surface area (Å²) in [5, 5.41) is 3.55. The first-order valence-electron chi connectivity index (χ1n) is 11.7. The predicted molar refractivity (Wildman–Crippen MR) is 147 cm³/mol. The second-order valence-corrected chi connectivity index (χ2v) is 11.2. The number of halogens is 2. The van der Waals surface area contributed by atoms with Crippen molar-refractivity contribution in [2.75, 3.05) is 17.4 Å². The summed E-state index contributed by atoms with van der Waals surface area (Å²) in [6.07, 6.45) is 0. The highest BCUT2D eigenvalue weighted by Crippen LogP contribution is 2.26. The van der Waals surface area contributed by atoms with E-state index in [4.69, 9.17) is 23.2 Å². The van der Waals surface area contributed by atoms with Crippen LogP contribution in [0.3, 0.4) is 0 Å². The van der Waals surface area contributed by atoms with Gasteiger partial charge < -0.3 is 10.2 Å². The van der Waals surface area contributed by atoms with Crippen molar-refractivity contribution >= 4 is 50.7 Å². The Kier molecular flexibility index (Phi) is 9.59. The Morgan fingerprint density at radius 2 is 1.57 bits per heavy atom. The number of aryl methyl sites for hydroxylation is 1. The molecule has 2 amide bonds. The highest BCUT2D eigenvalue weighted by Gasteiger charge is 2.32. The van der Waals surface area contributed by atoms with E-state index in [-0.39, 0.29) is 17.3 Å². The normalized spacial score (nSPS) is 12.0. The number of carbonyl (C=O) groups excluding carboxylic acids is 2. The molecule has 0 saturated heterocycles. The van der Waals surface area contributed by atoms with Gasteiger partial charge in [0.25, 0.3) is 10.0 Å². The molecule has 7 nitrogen and oxygen atoms in total. The number of rotatable bonds is 10. The second kappa shape index (κ2) is 12.4. The molecule has 37 heavy (non-hydrogen) atoms. The Labute approximate surface area is 228 Å². The summed E-state index contributed by atoms with van der Waals surface area (Å²) in [5.74, 6) is -0.915. The smallest absolute Gasteiger partial charge is 0.264 e. The number of likely N-dealkylation sites (N-methyl/N-ethyl adjacent to an activating group) is 1. The summed E-state index contributed by atoms with van der Waals surface area (Å²) < 4.78 is 28.5. The standard InChI is InChI=1S/C27H29Cl2N3O4S/c1-4-30-27(34)20(3)31(17-21-7-5-6-8-25(21)29)26(33)18-32(23-13-9-19(2)10-14-23)37(35,36)24-15-11-22(28)12-16-24/h5-16,20H,4,17-18H2,1-3H3,(H,30,34). The van der Waals surface area contributed by atoms with Gasteiger partial charge >= 0.3 is 0 Å². The van der Waals surface area contributed by atoms with Gasteiger partial charge in [-0.3, -0.25) is 13.9 Å². The maximum absolute atomic E-state index is 13.8. The van der Waals surface area contributed by atoms with Crippen molar-refractivity contribution in [3.63, 3.8) is 0 Å². The number of hydrogen-bond acceptors (Lipinski definition) is 4. The summed E-state index contributed by atoms with van der Waals surface area (Å²) in [6.45, 7) is 5.15. The first kappa shape index (κ1) is 28.5. The van der Waals surface area contributed by atoms with Gasteiger partial charge in [0.05, 0.1) is 10.6 Å². The van der Waals surface area contributed by atoms with E-state index in [1.807, 2.05) is 6.92 Å². The van der Waals surface area contributed by atoms with Crippen LogP contribution in [0.1, 0.15) is 25.0 Å². The number of amides is 2. The fraction of sp³-hybridized carbons (Fsp3) is 0.259. The van der Waals surface area contributed by atoms with Crippen molar-refractivity contribution in [3.05, 3.63) is 94.0 Å². The molecule has 0 aromatic heterocycles. The van der Waals surface area contributed by atoms with Crippen LogP contribution in [-0.4, -0.2) is 44.3 Å². The van der Waals surface area contributed by atoms with Crippen LogP contribution in [0.5, 0.6) is 0 Å². The first-order valence-corrected chi connectivity index (χ1v) is 13.9. The van der Waals surface area contributed by atoms with E-state index in [9.17, 15) is 18.0 Å². The van der Waals surface area contributed by atoms with Crippen molar-refractivity contribution in [3.8, 4) is 0 Å².